The van der Waals surface area contributed by atoms with Crippen molar-refractivity contribution >= 4 is 32.7 Å². The predicted octanol–water partition coefficient (Wildman–Crippen LogP) is 9.81. The summed E-state index contributed by atoms with van der Waals surface area (Å²) in [6, 6.07) is 31.6. The molecule has 0 bridgehead atoms. The molecule has 6 aromatic rings. The van der Waals surface area contributed by atoms with Crippen LogP contribution < -0.4 is 0 Å². The quantitative estimate of drug-likeness (QED) is 0.219. The maximum absolute atomic E-state index is 13.5. The second-order valence-electron chi connectivity index (χ2n) is 9.13. The van der Waals surface area contributed by atoms with Gasteiger partial charge in [-0.25, -0.2) is 0 Å². The van der Waals surface area contributed by atoms with Crippen molar-refractivity contribution in [1.29, 1.82) is 0 Å². The summed E-state index contributed by atoms with van der Waals surface area (Å²) in [6.07, 6.45) is -6.97. The van der Waals surface area contributed by atoms with Gasteiger partial charge in [0.05, 0.1) is 0 Å². The van der Waals surface area contributed by atoms with Crippen LogP contribution >= 0.6 is 0 Å². The van der Waals surface area contributed by atoms with E-state index in [1.165, 1.54) is 12.1 Å². The zero-order valence-corrected chi connectivity index (χ0v) is 19.3. The van der Waals surface area contributed by atoms with Crippen molar-refractivity contribution in [2.45, 2.75) is 18.5 Å². The largest absolute Gasteiger partial charge is 0.456 e. The number of para-hydroxylation sites is 1. The first kappa shape index (κ1) is 23.2. The molecule has 1 heterocycles. The highest BCUT2D eigenvalue weighted by atomic mass is 19.4. The number of hydrogen-bond donors (Lipinski definition) is 0. The van der Waals surface area contributed by atoms with Gasteiger partial charge in [0, 0.05) is 17.2 Å². The number of halogens is 5. The smallest absolute Gasteiger partial charge is 0.453 e. The fourth-order valence-electron chi connectivity index (χ4n) is 4.78. The minimum Gasteiger partial charge on any atom is -0.456 e. The first-order chi connectivity index (χ1) is 17.7. The average molecular weight is 502 g/mol. The third-order valence-electron chi connectivity index (χ3n) is 6.68. The molecule has 37 heavy (non-hydrogen) atoms. The highest BCUT2D eigenvalue weighted by Gasteiger charge is 2.57. The van der Waals surface area contributed by atoms with E-state index in [1.54, 1.807) is 12.1 Å². The average Bonchev–Trinajstić information content (AvgIpc) is 3.25. The molecule has 0 spiro atoms. The van der Waals surface area contributed by atoms with Gasteiger partial charge in [-0.1, -0.05) is 72.8 Å². The van der Waals surface area contributed by atoms with E-state index < -0.39 is 18.5 Å². The summed E-state index contributed by atoms with van der Waals surface area (Å²) in [5, 5.41) is 4.04. The Balaban J connectivity index is 1.44. The lowest BCUT2D eigenvalue weighted by molar-refractivity contribution is -0.281. The Labute approximate surface area is 208 Å². The minimum atomic E-state index is -5.58. The Morgan fingerprint density at radius 2 is 1.19 bits per heavy atom. The van der Waals surface area contributed by atoms with E-state index in [1.807, 2.05) is 72.8 Å². The van der Waals surface area contributed by atoms with E-state index in [0.29, 0.717) is 0 Å². The van der Waals surface area contributed by atoms with Crippen LogP contribution in [0.3, 0.4) is 0 Å². The third-order valence-corrected chi connectivity index (χ3v) is 6.68. The van der Waals surface area contributed by atoms with E-state index >= 15 is 0 Å². The molecule has 0 amide bonds. The van der Waals surface area contributed by atoms with Crippen molar-refractivity contribution in [2.75, 3.05) is 0 Å². The van der Waals surface area contributed by atoms with E-state index in [-0.39, 0.29) is 5.56 Å². The molecule has 0 aliphatic carbocycles. The van der Waals surface area contributed by atoms with Crippen molar-refractivity contribution in [3.05, 3.63) is 109 Å². The topological polar surface area (TPSA) is 13.1 Å². The van der Waals surface area contributed by atoms with Gasteiger partial charge in [0.2, 0.25) is 0 Å². The number of alkyl halides is 5. The summed E-state index contributed by atoms with van der Waals surface area (Å²) < 4.78 is 70.9. The van der Waals surface area contributed by atoms with E-state index in [0.717, 1.165) is 55.0 Å². The molecule has 0 saturated heterocycles. The van der Waals surface area contributed by atoms with Crippen LogP contribution in [0.2, 0.25) is 0 Å². The molecular formula is C31H19F5O. The first-order valence-electron chi connectivity index (χ1n) is 11.7. The standard InChI is InChI=1S/C31H19F5O/c32-30(33,31(34,35)36)18-19-9-11-20(12-10-19)23-15-21-5-1-2-6-24(21)26(17-23)22-13-14-29-27(16-22)25-7-3-4-8-28(25)37-29/h1-17H,18H2. The van der Waals surface area contributed by atoms with Crippen LogP contribution in [-0.4, -0.2) is 12.1 Å². The predicted molar refractivity (Wildman–Crippen MR) is 137 cm³/mol. The molecule has 0 aliphatic heterocycles. The Kier molecular flexibility index (Phi) is 5.30. The van der Waals surface area contributed by atoms with Crippen molar-refractivity contribution in [2.24, 2.45) is 0 Å². The van der Waals surface area contributed by atoms with Crippen molar-refractivity contribution in [3.63, 3.8) is 0 Å². The van der Waals surface area contributed by atoms with Gasteiger partial charge in [-0.15, -0.1) is 0 Å². The molecule has 0 atom stereocenters. The summed E-state index contributed by atoms with van der Waals surface area (Å²) >= 11 is 0. The molecule has 1 aromatic heterocycles. The molecule has 5 aromatic carbocycles. The van der Waals surface area contributed by atoms with Crippen LogP contribution in [0.15, 0.2) is 108 Å². The number of hydrogen-bond acceptors (Lipinski definition) is 1. The molecule has 0 N–H and O–H groups in total. The second kappa shape index (κ2) is 8.44. The van der Waals surface area contributed by atoms with E-state index in [4.69, 9.17) is 4.42 Å². The van der Waals surface area contributed by atoms with Gasteiger partial charge in [0.25, 0.3) is 0 Å². The zero-order valence-electron chi connectivity index (χ0n) is 19.3. The van der Waals surface area contributed by atoms with Crippen LogP contribution in [0.1, 0.15) is 5.56 Å². The molecule has 6 rings (SSSR count). The van der Waals surface area contributed by atoms with Crippen molar-refractivity contribution < 1.29 is 26.4 Å². The van der Waals surface area contributed by atoms with Crippen molar-refractivity contribution in [3.8, 4) is 22.3 Å². The summed E-state index contributed by atoms with van der Waals surface area (Å²) in [6.45, 7) is 0. The first-order valence-corrected chi connectivity index (χ1v) is 11.7. The number of fused-ring (bicyclic) bond motifs is 4. The molecule has 0 aliphatic rings. The van der Waals surface area contributed by atoms with E-state index in [2.05, 4.69) is 6.07 Å². The Bertz CT molecular complexity index is 1760. The van der Waals surface area contributed by atoms with Gasteiger partial charge in [-0.2, -0.15) is 22.0 Å². The summed E-state index contributed by atoms with van der Waals surface area (Å²) in [5.41, 5.74) is 5.04. The lowest BCUT2D eigenvalue weighted by atomic mass is 9.92. The van der Waals surface area contributed by atoms with E-state index in [9.17, 15) is 22.0 Å². The van der Waals surface area contributed by atoms with Gasteiger partial charge in [-0.05, 0) is 68.9 Å². The van der Waals surface area contributed by atoms with Crippen LogP contribution in [0.4, 0.5) is 22.0 Å². The van der Waals surface area contributed by atoms with Gasteiger partial charge >= 0.3 is 12.1 Å². The van der Waals surface area contributed by atoms with Gasteiger partial charge in [0.15, 0.2) is 0 Å². The highest BCUT2D eigenvalue weighted by molar-refractivity contribution is 6.08. The maximum atomic E-state index is 13.5. The SMILES string of the molecule is FC(F)(F)C(F)(F)Cc1ccc(-c2cc(-c3ccc4oc5ccccc5c4c3)c3ccccc3c2)cc1. The van der Waals surface area contributed by atoms with Crippen LogP contribution in [0.5, 0.6) is 0 Å². The lowest BCUT2D eigenvalue weighted by Crippen LogP contribution is -2.38. The van der Waals surface area contributed by atoms with Gasteiger partial charge in [-0.3, -0.25) is 0 Å². The van der Waals surface area contributed by atoms with Crippen LogP contribution in [-0.2, 0) is 6.42 Å². The maximum Gasteiger partial charge on any atom is 0.453 e. The van der Waals surface area contributed by atoms with Crippen LogP contribution in [0, 0.1) is 0 Å². The molecular weight excluding hydrogens is 483 g/mol. The molecule has 0 unspecified atom stereocenters. The molecule has 6 heteroatoms. The normalized spacial score (nSPS) is 12.6. The molecule has 184 valence electrons. The zero-order chi connectivity index (χ0) is 25.8. The minimum absolute atomic E-state index is 0.0793. The van der Waals surface area contributed by atoms with Crippen molar-refractivity contribution in [1.82, 2.24) is 0 Å². The van der Waals surface area contributed by atoms with Gasteiger partial charge < -0.3 is 4.42 Å². The number of rotatable bonds is 4. The molecule has 0 saturated carbocycles. The number of furan rings is 1. The Morgan fingerprint density at radius 1 is 0.541 bits per heavy atom. The number of benzene rings is 5. The Morgan fingerprint density at radius 3 is 1.95 bits per heavy atom. The third kappa shape index (κ3) is 4.12. The molecule has 0 fully saturated rings. The fourth-order valence-corrected chi connectivity index (χ4v) is 4.78. The van der Waals surface area contributed by atoms with Gasteiger partial charge in [0.1, 0.15) is 11.2 Å². The molecule has 1 nitrogen and oxygen atoms in total. The highest BCUT2D eigenvalue weighted by Crippen LogP contribution is 2.40. The van der Waals surface area contributed by atoms with Crippen LogP contribution in [0.25, 0.3) is 55.0 Å². The second-order valence-corrected chi connectivity index (χ2v) is 9.13. The summed E-state index contributed by atoms with van der Waals surface area (Å²) in [7, 11) is 0. The summed E-state index contributed by atoms with van der Waals surface area (Å²) in [5.74, 6) is -4.78. The Hall–Kier alpha value is -4.19. The molecule has 0 radical (unpaired) electrons. The monoisotopic (exact) mass is 502 g/mol. The lowest BCUT2D eigenvalue weighted by Gasteiger charge is -2.19. The fraction of sp³-hybridized carbons (Fsp3) is 0.0968. The summed E-state index contributed by atoms with van der Waals surface area (Å²) in [4.78, 5) is 0.